The van der Waals surface area contributed by atoms with Gasteiger partial charge in [-0.25, -0.2) is 0 Å². The van der Waals surface area contributed by atoms with Crippen LogP contribution in [0.1, 0.15) is 380 Å². The Morgan fingerprint density at radius 3 is 0.759 bits per heavy atom. The van der Waals surface area contributed by atoms with Gasteiger partial charge in [-0.3, -0.25) is 14.4 Å². The molecule has 0 saturated carbocycles. The van der Waals surface area contributed by atoms with E-state index in [0.29, 0.717) is 19.3 Å². The van der Waals surface area contributed by atoms with Gasteiger partial charge in [-0.1, -0.05) is 333 Å². The van der Waals surface area contributed by atoms with Crippen molar-refractivity contribution in [1.29, 1.82) is 0 Å². The van der Waals surface area contributed by atoms with Crippen LogP contribution in [0.3, 0.4) is 0 Å². The van der Waals surface area contributed by atoms with E-state index in [4.69, 9.17) is 14.2 Å². The first-order valence-electron chi connectivity index (χ1n) is 35.1. The molecule has 0 aliphatic rings. The maximum absolute atomic E-state index is 12.9. The van der Waals surface area contributed by atoms with Crippen LogP contribution in [0.15, 0.2) is 48.6 Å². The van der Waals surface area contributed by atoms with E-state index in [1.54, 1.807) is 0 Å². The van der Waals surface area contributed by atoms with Crippen LogP contribution >= 0.6 is 0 Å². The van der Waals surface area contributed by atoms with E-state index in [1.807, 2.05) is 0 Å². The van der Waals surface area contributed by atoms with Crippen molar-refractivity contribution < 1.29 is 28.6 Å². The summed E-state index contributed by atoms with van der Waals surface area (Å²) in [5.41, 5.74) is 0. The van der Waals surface area contributed by atoms with E-state index in [9.17, 15) is 14.4 Å². The topological polar surface area (TPSA) is 78.9 Å². The fourth-order valence-electron chi connectivity index (χ4n) is 10.5. The van der Waals surface area contributed by atoms with Crippen LogP contribution in [0.2, 0.25) is 0 Å². The molecular weight excluding hydrogens is 973 g/mol. The molecule has 0 fully saturated rings. The zero-order valence-electron chi connectivity index (χ0n) is 53.2. The van der Waals surface area contributed by atoms with E-state index >= 15 is 0 Å². The molecule has 79 heavy (non-hydrogen) atoms. The number of esters is 3. The molecule has 462 valence electrons. The van der Waals surface area contributed by atoms with Gasteiger partial charge in [0.1, 0.15) is 13.2 Å². The predicted molar refractivity (Wildman–Crippen MR) is 344 cm³/mol. The Labute approximate surface area is 492 Å². The molecule has 0 aromatic rings. The van der Waals surface area contributed by atoms with Gasteiger partial charge >= 0.3 is 17.9 Å². The van der Waals surface area contributed by atoms with Crippen LogP contribution in [0.5, 0.6) is 0 Å². The van der Waals surface area contributed by atoms with Crippen molar-refractivity contribution in [3.8, 4) is 0 Å². The zero-order valence-corrected chi connectivity index (χ0v) is 53.2. The molecule has 0 aromatic heterocycles. The lowest BCUT2D eigenvalue weighted by Crippen LogP contribution is -2.30. The maximum atomic E-state index is 12.9. The largest absolute Gasteiger partial charge is 0.462 e. The van der Waals surface area contributed by atoms with Gasteiger partial charge in [0.25, 0.3) is 0 Å². The Morgan fingerprint density at radius 1 is 0.253 bits per heavy atom. The van der Waals surface area contributed by atoms with Gasteiger partial charge in [0.2, 0.25) is 0 Å². The highest BCUT2D eigenvalue weighted by Crippen LogP contribution is 2.18. The third kappa shape index (κ3) is 66.1. The molecule has 0 aliphatic heterocycles. The second-order valence-corrected chi connectivity index (χ2v) is 23.8. The smallest absolute Gasteiger partial charge is 0.306 e. The Balaban J connectivity index is 4.19. The molecular formula is C73H134O6. The fourth-order valence-corrected chi connectivity index (χ4v) is 10.5. The number of unbranched alkanes of at least 4 members (excludes halogenated alkanes) is 46. The maximum Gasteiger partial charge on any atom is 0.306 e. The standard InChI is InChI=1S/C73H134O6/c1-4-7-10-13-16-19-22-24-26-28-30-32-34-35-36-37-39-40-42-44-46-48-51-54-57-60-63-66-72(75)78-69-70(68-77-71(74)65-62-59-56-53-50-21-18-15-12-9-6-3)79-73(76)67-64-61-58-55-52-49-47-45-43-41-38-33-31-29-27-25-23-20-17-14-11-8-5-2/h15,18,23,25,29,31,38,41,70H,4-14,16-17,19-22,24,26-28,30,32-37,39-40,42-69H2,1-3H3/b18-15-,25-23-,31-29-,41-38-. The highest BCUT2D eigenvalue weighted by molar-refractivity contribution is 5.71. The van der Waals surface area contributed by atoms with Crippen molar-refractivity contribution in [3.05, 3.63) is 48.6 Å². The van der Waals surface area contributed by atoms with Crippen LogP contribution in [-0.2, 0) is 28.6 Å². The molecule has 0 amide bonds. The molecule has 1 unspecified atom stereocenters. The first-order valence-corrected chi connectivity index (χ1v) is 35.1. The number of carbonyl (C=O) groups excluding carboxylic acids is 3. The second kappa shape index (κ2) is 67.9. The summed E-state index contributed by atoms with van der Waals surface area (Å²) in [4.78, 5) is 38.3. The normalized spacial score (nSPS) is 12.3. The highest BCUT2D eigenvalue weighted by Gasteiger charge is 2.19. The number of hydrogen-bond donors (Lipinski definition) is 0. The summed E-state index contributed by atoms with van der Waals surface area (Å²) in [5.74, 6) is -0.870. The zero-order chi connectivity index (χ0) is 57.1. The van der Waals surface area contributed by atoms with Crippen molar-refractivity contribution in [3.63, 3.8) is 0 Å². The van der Waals surface area contributed by atoms with Crippen LogP contribution < -0.4 is 0 Å². The van der Waals surface area contributed by atoms with Crippen molar-refractivity contribution >= 4 is 17.9 Å². The lowest BCUT2D eigenvalue weighted by atomic mass is 10.0. The van der Waals surface area contributed by atoms with E-state index in [1.165, 1.54) is 257 Å². The van der Waals surface area contributed by atoms with Crippen LogP contribution in [0.25, 0.3) is 0 Å². The molecule has 0 N–H and O–H groups in total. The van der Waals surface area contributed by atoms with Crippen LogP contribution in [-0.4, -0.2) is 37.2 Å². The van der Waals surface area contributed by atoms with Gasteiger partial charge in [-0.2, -0.15) is 0 Å². The number of allylic oxidation sites excluding steroid dienone is 8. The van der Waals surface area contributed by atoms with Crippen molar-refractivity contribution in [1.82, 2.24) is 0 Å². The summed E-state index contributed by atoms with van der Waals surface area (Å²) < 4.78 is 16.9. The van der Waals surface area contributed by atoms with E-state index in [-0.39, 0.29) is 31.1 Å². The molecule has 0 radical (unpaired) electrons. The second-order valence-electron chi connectivity index (χ2n) is 23.8. The van der Waals surface area contributed by atoms with Gasteiger partial charge < -0.3 is 14.2 Å². The molecule has 6 heteroatoms. The lowest BCUT2D eigenvalue weighted by Gasteiger charge is -2.18. The van der Waals surface area contributed by atoms with Crippen molar-refractivity contribution in [2.24, 2.45) is 0 Å². The molecule has 6 nitrogen and oxygen atoms in total. The van der Waals surface area contributed by atoms with Gasteiger partial charge in [-0.05, 0) is 77.0 Å². The predicted octanol–water partition coefficient (Wildman–Crippen LogP) is 24.1. The molecule has 0 aliphatic carbocycles. The molecule has 1 atom stereocenters. The third-order valence-electron chi connectivity index (χ3n) is 15.8. The summed E-state index contributed by atoms with van der Waals surface area (Å²) in [6.07, 6.45) is 85.8. The average Bonchev–Trinajstić information content (AvgIpc) is 3.45. The molecule has 0 bridgehead atoms. The minimum atomic E-state index is -0.780. The minimum absolute atomic E-state index is 0.0751. The van der Waals surface area contributed by atoms with E-state index < -0.39 is 6.10 Å². The van der Waals surface area contributed by atoms with Gasteiger partial charge in [0.15, 0.2) is 6.10 Å². The number of hydrogen-bond acceptors (Lipinski definition) is 6. The summed E-state index contributed by atoms with van der Waals surface area (Å²) in [7, 11) is 0. The molecule has 0 aromatic carbocycles. The molecule has 0 heterocycles. The fraction of sp³-hybridized carbons (Fsp3) is 0.849. The highest BCUT2D eigenvalue weighted by atomic mass is 16.6. The Hall–Kier alpha value is -2.63. The summed E-state index contributed by atoms with van der Waals surface area (Å²) >= 11 is 0. The monoisotopic (exact) mass is 1110 g/mol. The number of rotatable bonds is 65. The Bertz CT molecular complexity index is 1360. The summed E-state index contributed by atoms with van der Waals surface area (Å²) in [6, 6.07) is 0. The van der Waals surface area contributed by atoms with Gasteiger partial charge in [0.05, 0.1) is 0 Å². The molecule has 0 spiro atoms. The van der Waals surface area contributed by atoms with E-state index in [2.05, 4.69) is 69.4 Å². The Morgan fingerprint density at radius 2 is 0.468 bits per heavy atom. The Kier molecular flexibility index (Phi) is 65.6. The van der Waals surface area contributed by atoms with Crippen molar-refractivity contribution in [2.45, 2.75) is 386 Å². The van der Waals surface area contributed by atoms with Crippen molar-refractivity contribution in [2.75, 3.05) is 13.2 Å². The SMILES string of the molecule is CCCC/C=C\CCCCCCCC(=O)OCC(COC(=O)CCCCCCCCCCCCCCCCCCCCCCCCCCCCC)OC(=O)CCCCCCCCCC/C=C\C/C=C\C/C=C\CCCCCCC. The first kappa shape index (κ1) is 76.4. The summed E-state index contributed by atoms with van der Waals surface area (Å²) in [5, 5.41) is 0. The quantitative estimate of drug-likeness (QED) is 0.0261. The number of ether oxygens (including phenoxy) is 3. The summed E-state index contributed by atoms with van der Waals surface area (Å²) in [6.45, 7) is 6.64. The lowest BCUT2D eigenvalue weighted by molar-refractivity contribution is -0.167. The van der Waals surface area contributed by atoms with Crippen LogP contribution in [0.4, 0.5) is 0 Å². The van der Waals surface area contributed by atoms with E-state index in [0.717, 1.165) is 83.5 Å². The molecule has 0 saturated heterocycles. The minimum Gasteiger partial charge on any atom is -0.462 e. The number of carbonyl (C=O) groups is 3. The third-order valence-corrected chi connectivity index (χ3v) is 15.8. The average molecular weight is 1110 g/mol. The van der Waals surface area contributed by atoms with Gasteiger partial charge in [0, 0.05) is 19.3 Å². The first-order chi connectivity index (χ1) is 39.0. The van der Waals surface area contributed by atoms with Gasteiger partial charge in [-0.15, -0.1) is 0 Å². The molecule has 0 rings (SSSR count). The van der Waals surface area contributed by atoms with Crippen LogP contribution in [0, 0.1) is 0 Å².